The van der Waals surface area contributed by atoms with Crippen LogP contribution in [0.2, 0.25) is 0 Å². The lowest BCUT2D eigenvalue weighted by atomic mass is 10.4. The van der Waals surface area contributed by atoms with Gasteiger partial charge >= 0.3 is 5.97 Å². The Balaban J connectivity index is 1.92. The van der Waals surface area contributed by atoms with Gasteiger partial charge in [-0.25, -0.2) is 9.78 Å². The third kappa shape index (κ3) is 4.30. The second-order valence-corrected chi connectivity index (χ2v) is 6.12. The molecule has 0 aliphatic rings. The molecule has 0 unspecified atom stereocenters. The summed E-state index contributed by atoms with van der Waals surface area (Å²) >= 11 is 2.56. The number of nitrogens with zero attached hydrogens (tertiary/aromatic N) is 1. The highest BCUT2D eigenvalue weighted by Crippen LogP contribution is 2.24. The third-order valence-electron chi connectivity index (χ3n) is 2.53. The van der Waals surface area contributed by atoms with Crippen molar-refractivity contribution >= 4 is 40.1 Å². The quantitative estimate of drug-likeness (QED) is 0.677. The van der Waals surface area contributed by atoms with Gasteiger partial charge in [-0.1, -0.05) is 29.5 Å². The number of amides is 1. The molecule has 0 bridgehead atoms. The fourth-order valence-electron chi connectivity index (χ4n) is 1.55. The maximum atomic E-state index is 11.9. The van der Waals surface area contributed by atoms with Gasteiger partial charge in [0.05, 0.1) is 18.6 Å². The molecule has 1 N–H and O–H groups in total. The van der Waals surface area contributed by atoms with Crippen LogP contribution in [0.25, 0.3) is 0 Å². The lowest BCUT2D eigenvalue weighted by molar-refractivity contribution is -0.113. The Hall–Kier alpha value is -1.86. The lowest BCUT2D eigenvalue weighted by Gasteiger charge is -2.01. The molecule has 0 atom stereocenters. The summed E-state index contributed by atoms with van der Waals surface area (Å²) in [4.78, 5) is 28.9. The van der Waals surface area contributed by atoms with Crippen LogP contribution >= 0.6 is 23.1 Å². The number of carbonyl (C=O) groups is 2. The molecule has 2 rings (SSSR count). The molecule has 2 aromatic rings. The van der Waals surface area contributed by atoms with Crippen molar-refractivity contribution in [1.82, 2.24) is 4.98 Å². The number of aromatic nitrogens is 1. The van der Waals surface area contributed by atoms with Crippen molar-refractivity contribution in [3.63, 3.8) is 0 Å². The molecule has 1 aromatic carbocycles. The van der Waals surface area contributed by atoms with Gasteiger partial charge in [-0.05, 0) is 19.1 Å². The number of thioether (sulfide) groups is 1. The van der Waals surface area contributed by atoms with E-state index in [4.69, 9.17) is 0 Å². The molecular formula is C14H14N2O3S2. The largest absolute Gasteiger partial charge is 0.465 e. The standard InChI is InChI=1S/C14H14N2O3S2/c1-9-12(13(18)19-2)21-14(15-9)16-11(17)8-20-10-6-4-3-5-7-10/h3-7H,8H2,1-2H3,(H,15,16,17). The Labute approximate surface area is 130 Å². The van der Waals surface area contributed by atoms with Crippen LogP contribution in [0.5, 0.6) is 0 Å². The zero-order chi connectivity index (χ0) is 15.2. The van der Waals surface area contributed by atoms with Crippen molar-refractivity contribution in [2.45, 2.75) is 11.8 Å². The normalized spacial score (nSPS) is 10.2. The molecule has 0 saturated carbocycles. The van der Waals surface area contributed by atoms with Gasteiger partial charge in [-0.15, -0.1) is 11.8 Å². The number of aryl methyl sites for hydroxylation is 1. The van der Waals surface area contributed by atoms with E-state index >= 15 is 0 Å². The Kier molecular flexibility index (Phi) is 5.35. The molecule has 0 aliphatic heterocycles. The fourth-order valence-corrected chi connectivity index (χ4v) is 3.17. The molecule has 0 spiro atoms. The molecular weight excluding hydrogens is 308 g/mol. The summed E-state index contributed by atoms with van der Waals surface area (Å²) in [6, 6.07) is 9.67. The van der Waals surface area contributed by atoms with E-state index < -0.39 is 5.97 Å². The monoisotopic (exact) mass is 322 g/mol. The van der Waals surface area contributed by atoms with E-state index in [-0.39, 0.29) is 11.7 Å². The minimum Gasteiger partial charge on any atom is -0.465 e. The van der Waals surface area contributed by atoms with Crippen molar-refractivity contribution in [1.29, 1.82) is 0 Å². The van der Waals surface area contributed by atoms with Crippen LogP contribution in [-0.2, 0) is 9.53 Å². The summed E-state index contributed by atoms with van der Waals surface area (Å²) in [5.74, 6) is -0.311. The highest BCUT2D eigenvalue weighted by atomic mass is 32.2. The third-order valence-corrected chi connectivity index (χ3v) is 4.59. The maximum absolute atomic E-state index is 11.9. The maximum Gasteiger partial charge on any atom is 0.350 e. The number of anilines is 1. The first kappa shape index (κ1) is 15.5. The first-order valence-corrected chi connectivity index (χ1v) is 7.94. The van der Waals surface area contributed by atoms with Crippen LogP contribution in [0.4, 0.5) is 5.13 Å². The van der Waals surface area contributed by atoms with Crippen molar-refractivity contribution in [2.24, 2.45) is 0 Å². The Morgan fingerprint density at radius 1 is 1.33 bits per heavy atom. The molecule has 5 nitrogen and oxygen atoms in total. The molecule has 7 heteroatoms. The average molecular weight is 322 g/mol. The smallest absolute Gasteiger partial charge is 0.350 e. The number of nitrogens with one attached hydrogen (secondary N) is 1. The number of hydrogen-bond acceptors (Lipinski definition) is 6. The first-order chi connectivity index (χ1) is 10.1. The summed E-state index contributed by atoms with van der Waals surface area (Å²) < 4.78 is 4.66. The summed E-state index contributed by atoms with van der Waals surface area (Å²) in [5, 5.41) is 3.10. The molecule has 0 radical (unpaired) electrons. The predicted molar refractivity (Wildman–Crippen MR) is 84.0 cm³/mol. The first-order valence-electron chi connectivity index (χ1n) is 6.13. The fraction of sp³-hybridized carbons (Fsp3) is 0.214. The number of methoxy groups -OCH3 is 1. The molecule has 0 saturated heterocycles. The molecule has 1 aromatic heterocycles. The molecule has 110 valence electrons. The van der Waals surface area contributed by atoms with Crippen LogP contribution < -0.4 is 5.32 Å². The predicted octanol–water partition coefficient (Wildman–Crippen LogP) is 2.97. The van der Waals surface area contributed by atoms with E-state index in [0.29, 0.717) is 15.7 Å². The van der Waals surface area contributed by atoms with Gasteiger partial charge in [0, 0.05) is 4.90 Å². The van der Waals surface area contributed by atoms with Crippen LogP contribution in [0.1, 0.15) is 15.4 Å². The van der Waals surface area contributed by atoms with Gasteiger partial charge in [-0.3, -0.25) is 4.79 Å². The number of benzene rings is 1. The summed E-state index contributed by atoms with van der Waals surface area (Å²) in [5.41, 5.74) is 0.554. The summed E-state index contributed by atoms with van der Waals surface area (Å²) in [6.45, 7) is 1.71. The zero-order valence-corrected chi connectivity index (χ0v) is 13.2. The highest BCUT2D eigenvalue weighted by Gasteiger charge is 2.16. The van der Waals surface area contributed by atoms with Crippen LogP contribution in [0.15, 0.2) is 35.2 Å². The zero-order valence-electron chi connectivity index (χ0n) is 11.6. The van der Waals surface area contributed by atoms with Crippen LogP contribution in [0.3, 0.4) is 0 Å². The second kappa shape index (κ2) is 7.24. The Bertz CT molecular complexity index is 641. The van der Waals surface area contributed by atoms with Gasteiger partial charge in [0.1, 0.15) is 4.88 Å². The molecule has 21 heavy (non-hydrogen) atoms. The molecule has 0 aliphatic carbocycles. The average Bonchev–Trinajstić information content (AvgIpc) is 2.86. The molecule has 1 amide bonds. The number of carbonyl (C=O) groups excluding carboxylic acids is 2. The van der Waals surface area contributed by atoms with Gasteiger partial charge in [0.15, 0.2) is 5.13 Å². The number of hydrogen-bond donors (Lipinski definition) is 1. The number of thiazole rings is 1. The second-order valence-electron chi connectivity index (χ2n) is 4.08. The highest BCUT2D eigenvalue weighted by molar-refractivity contribution is 8.00. The number of rotatable bonds is 5. The van der Waals surface area contributed by atoms with Crippen molar-refractivity contribution in [3.8, 4) is 0 Å². The Morgan fingerprint density at radius 3 is 2.71 bits per heavy atom. The van der Waals surface area contributed by atoms with Gasteiger partial charge < -0.3 is 10.1 Å². The van der Waals surface area contributed by atoms with E-state index in [2.05, 4.69) is 15.0 Å². The van der Waals surface area contributed by atoms with E-state index in [1.807, 2.05) is 30.3 Å². The van der Waals surface area contributed by atoms with Crippen LogP contribution in [-0.4, -0.2) is 29.7 Å². The van der Waals surface area contributed by atoms with E-state index in [9.17, 15) is 9.59 Å². The molecule has 1 heterocycles. The van der Waals surface area contributed by atoms with E-state index in [1.165, 1.54) is 18.9 Å². The van der Waals surface area contributed by atoms with Crippen molar-refractivity contribution in [2.75, 3.05) is 18.2 Å². The summed E-state index contributed by atoms with van der Waals surface area (Å²) in [7, 11) is 1.32. The van der Waals surface area contributed by atoms with E-state index in [0.717, 1.165) is 16.2 Å². The topological polar surface area (TPSA) is 68.3 Å². The Morgan fingerprint density at radius 2 is 2.05 bits per heavy atom. The minimum atomic E-state index is -0.441. The SMILES string of the molecule is COC(=O)c1sc(NC(=O)CSc2ccccc2)nc1C. The summed E-state index contributed by atoms with van der Waals surface area (Å²) in [6.07, 6.45) is 0. The van der Waals surface area contributed by atoms with Gasteiger partial charge in [0.25, 0.3) is 0 Å². The van der Waals surface area contributed by atoms with E-state index in [1.54, 1.807) is 6.92 Å². The van der Waals surface area contributed by atoms with Gasteiger partial charge in [0.2, 0.25) is 5.91 Å². The van der Waals surface area contributed by atoms with Crippen molar-refractivity contribution < 1.29 is 14.3 Å². The lowest BCUT2D eigenvalue weighted by Crippen LogP contribution is -2.13. The van der Waals surface area contributed by atoms with Crippen molar-refractivity contribution in [3.05, 3.63) is 40.9 Å². The minimum absolute atomic E-state index is 0.158. The number of ether oxygens (including phenoxy) is 1. The number of esters is 1. The van der Waals surface area contributed by atoms with Crippen LogP contribution in [0, 0.1) is 6.92 Å². The van der Waals surface area contributed by atoms with Gasteiger partial charge in [-0.2, -0.15) is 0 Å². The molecule has 0 fully saturated rings.